The SMILES string of the molecule is O=C1NC(=O)c2cc(-c3ccc(F)c(B(O)O)c3)ccc21. The number of fused-ring (bicyclic) bond motifs is 1. The van der Waals surface area contributed by atoms with Crippen molar-refractivity contribution in [1.82, 2.24) is 5.32 Å². The predicted octanol–water partition coefficient (Wildman–Crippen LogP) is 0.0561. The van der Waals surface area contributed by atoms with Crippen LogP contribution in [0.2, 0.25) is 0 Å². The molecule has 0 bridgehead atoms. The molecule has 2 aromatic carbocycles. The first-order valence-corrected chi connectivity index (χ1v) is 6.13. The average Bonchev–Trinajstić information content (AvgIpc) is 2.74. The lowest BCUT2D eigenvalue weighted by Gasteiger charge is -2.07. The zero-order valence-electron chi connectivity index (χ0n) is 10.6. The number of imide groups is 1. The van der Waals surface area contributed by atoms with Gasteiger partial charge < -0.3 is 10.0 Å². The molecule has 3 rings (SSSR count). The van der Waals surface area contributed by atoms with E-state index in [9.17, 15) is 14.0 Å². The summed E-state index contributed by atoms with van der Waals surface area (Å²) in [6.07, 6.45) is 0. The van der Waals surface area contributed by atoms with E-state index in [4.69, 9.17) is 10.0 Å². The van der Waals surface area contributed by atoms with Crippen LogP contribution < -0.4 is 10.8 Å². The van der Waals surface area contributed by atoms with E-state index in [1.807, 2.05) is 0 Å². The van der Waals surface area contributed by atoms with Crippen LogP contribution in [0.25, 0.3) is 11.1 Å². The molecule has 0 radical (unpaired) electrons. The number of nitrogens with one attached hydrogen (secondary N) is 1. The number of benzene rings is 2. The van der Waals surface area contributed by atoms with Crippen molar-refractivity contribution in [3.63, 3.8) is 0 Å². The number of halogens is 1. The molecular formula is C14H9BFNO4. The summed E-state index contributed by atoms with van der Waals surface area (Å²) in [4.78, 5) is 23.1. The van der Waals surface area contributed by atoms with E-state index in [0.29, 0.717) is 11.1 Å². The summed E-state index contributed by atoms with van der Waals surface area (Å²) in [5.74, 6) is -1.67. The summed E-state index contributed by atoms with van der Waals surface area (Å²) >= 11 is 0. The first-order valence-electron chi connectivity index (χ1n) is 6.13. The summed E-state index contributed by atoms with van der Waals surface area (Å²) in [7, 11) is -1.93. The highest BCUT2D eigenvalue weighted by Crippen LogP contribution is 2.25. The number of carbonyl (C=O) groups excluding carboxylic acids is 2. The summed E-state index contributed by atoms with van der Waals surface area (Å²) in [6, 6.07) is 8.48. The van der Waals surface area contributed by atoms with Crippen LogP contribution in [-0.2, 0) is 0 Å². The first kappa shape index (κ1) is 13.5. The second-order valence-corrected chi connectivity index (χ2v) is 4.65. The van der Waals surface area contributed by atoms with Crippen LogP contribution in [0, 0.1) is 5.82 Å². The second-order valence-electron chi connectivity index (χ2n) is 4.65. The fraction of sp³-hybridized carbons (Fsp3) is 0. The minimum absolute atomic E-state index is 0.243. The lowest BCUT2D eigenvalue weighted by Crippen LogP contribution is -2.32. The molecule has 21 heavy (non-hydrogen) atoms. The lowest BCUT2D eigenvalue weighted by atomic mass is 9.78. The molecule has 1 aliphatic heterocycles. The van der Waals surface area contributed by atoms with Crippen LogP contribution in [0.3, 0.4) is 0 Å². The average molecular weight is 285 g/mol. The van der Waals surface area contributed by atoms with E-state index >= 15 is 0 Å². The van der Waals surface area contributed by atoms with Gasteiger partial charge in [-0.2, -0.15) is 0 Å². The van der Waals surface area contributed by atoms with Gasteiger partial charge in [0.2, 0.25) is 0 Å². The zero-order chi connectivity index (χ0) is 15.1. The van der Waals surface area contributed by atoms with Gasteiger partial charge in [0.1, 0.15) is 5.82 Å². The van der Waals surface area contributed by atoms with E-state index in [1.165, 1.54) is 24.3 Å². The van der Waals surface area contributed by atoms with Crippen molar-refractivity contribution >= 4 is 24.4 Å². The van der Waals surface area contributed by atoms with Crippen molar-refractivity contribution in [3.8, 4) is 11.1 Å². The highest BCUT2D eigenvalue weighted by Gasteiger charge is 2.27. The zero-order valence-corrected chi connectivity index (χ0v) is 10.6. The molecule has 3 N–H and O–H groups in total. The van der Waals surface area contributed by atoms with Crippen molar-refractivity contribution < 1.29 is 24.0 Å². The Hall–Kier alpha value is -2.51. The maximum Gasteiger partial charge on any atom is 0.491 e. The first-order chi connectivity index (χ1) is 9.97. The van der Waals surface area contributed by atoms with E-state index < -0.39 is 24.7 Å². The topological polar surface area (TPSA) is 86.6 Å². The Bertz CT molecular complexity index is 776. The fourth-order valence-corrected chi connectivity index (χ4v) is 2.27. The molecule has 1 heterocycles. The molecule has 5 nitrogen and oxygen atoms in total. The number of hydrogen-bond donors (Lipinski definition) is 3. The van der Waals surface area contributed by atoms with Gasteiger partial charge in [-0.1, -0.05) is 18.2 Å². The van der Waals surface area contributed by atoms with Crippen LogP contribution in [0.5, 0.6) is 0 Å². The van der Waals surface area contributed by atoms with Gasteiger partial charge in [0, 0.05) is 5.46 Å². The molecule has 0 saturated carbocycles. The highest BCUT2D eigenvalue weighted by molar-refractivity contribution is 6.58. The van der Waals surface area contributed by atoms with Gasteiger partial charge in [0.25, 0.3) is 11.8 Å². The van der Waals surface area contributed by atoms with Crippen molar-refractivity contribution in [1.29, 1.82) is 0 Å². The summed E-state index contributed by atoms with van der Waals surface area (Å²) in [6.45, 7) is 0. The quantitative estimate of drug-likeness (QED) is 0.538. The molecule has 0 aliphatic carbocycles. The molecule has 2 amide bonds. The van der Waals surface area contributed by atoms with Crippen LogP contribution in [0.4, 0.5) is 4.39 Å². The number of hydrogen-bond acceptors (Lipinski definition) is 4. The number of carbonyl (C=O) groups is 2. The molecule has 2 aromatic rings. The van der Waals surface area contributed by atoms with E-state index in [1.54, 1.807) is 6.07 Å². The molecule has 0 unspecified atom stereocenters. The minimum atomic E-state index is -1.93. The van der Waals surface area contributed by atoms with Gasteiger partial charge in [-0.3, -0.25) is 14.9 Å². The Kier molecular flexibility index (Phi) is 3.08. The van der Waals surface area contributed by atoms with Crippen molar-refractivity contribution in [2.75, 3.05) is 0 Å². The fourth-order valence-electron chi connectivity index (χ4n) is 2.27. The van der Waals surface area contributed by atoms with Crippen LogP contribution >= 0.6 is 0 Å². The molecule has 0 aromatic heterocycles. The Morgan fingerprint density at radius 2 is 1.52 bits per heavy atom. The summed E-state index contributed by atoms with van der Waals surface area (Å²) in [5, 5.41) is 20.4. The Morgan fingerprint density at radius 3 is 2.24 bits per heavy atom. The van der Waals surface area contributed by atoms with Crippen molar-refractivity contribution in [2.24, 2.45) is 0 Å². The van der Waals surface area contributed by atoms with Crippen LogP contribution in [-0.4, -0.2) is 29.0 Å². The van der Waals surface area contributed by atoms with E-state index in [0.717, 1.165) is 6.07 Å². The largest absolute Gasteiger partial charge is 0.491 e. The summed E-state index contributed by atoms with van der Waals surface area (Å²) < 4.78 is 13.4. The normalized spacial score (nSPS) is 13.1. The minimum Gasteiger partial charge on any atom is -0.423 e. The van der Waals surface area contributed by atoms with Crippen LogP contribution in [0.1, 0.15) is 20.7 Å². The van der Waals surface area contributed by atoms with Gasteiger partial charge in [0.15, 0.2) is 0 Å². The van der Waals surface area contributed by atoms with Gasteiger partial charge in [0.05, 0.1) is 11.1 Å². The Labute approximate surface area is 119 Å². The third-order valence-electron chi connectivity index (χ3n) is 3.34. The van der Waals surface area contributed by atoms with Crippen molar-refractivity contribution in [2.45, 2.75) is 0 Å². The third-order valence-corrected chi connectivity index (χ3v) is 3.34. The monoisotopic (exact) mass is 285 g/mol. The highest BCUT2D eigenvalue weighted by atomic mass is 19.1. The predicted molar refractivity (Wildman–Crippen MR) is 73.5 cm³/mol. The van der Waals surface area contributed by atoms with Gasteiger partial charge >= 0.3 is 7.12 Å². The lowest BCUT2D eigenvalue weighted by molar-refractivity contribution is 0.0879. The maximum absolute atomic E-state index is 13.4. The molecule has 1 aliphatic rings. The smallest absolute Gasteiger partial charge is 0.423 e. The standard InChI is InChI=1S/C14H9BFNO4/c16-12-4-2-8(6-11(12)15(20)21)7-1-3-9-10(5-7)14(19)17-13(9)18/h1-6,20-21H,(H,17,18,19). The molecule has 7 heteroatoms. The van der Waals surface area contributed by atoms with Gasteiger partial charge in [-0.05, 0) is 29.3 Å². The third kappa shape index (κ3) is 2.22. The van der Waals surface area contributed by atoms with Crippen LogP contribution in [0.15, 0.2) is 36.4 Å². The molecule has 104 valence electrons. The second kappa shape index (κ2) is 4.80. The maximum atomic E-state index is 13.4. The number of rotatable bonds is 2. The Balaban J connectivity index is 2.10. The Morgan fingerprint density at radius 1 is 0.905 bits per heavy atom. The molecular weight excluding hydrogens is 276 g/mol. The van der Waals surface area contributed by atoms with Crippen molar-refractivity contribution in [3.05, 3.63) is 53.3 Å². The number of amides is 2. The van der Waals surface area contributed by atoms with E-state index in [2.05, 4.69) is 5.32 Å². The molecule has 0 fully saturated rings. The summed E-state index contributed by atoms with van der Waals surface area (Å²) in [5.41, 5.74) is 1.35. The molecule has 0 saturated heterocycles. The van der Waals surface area contributed by atoms with E-state index in [-0.39, 0.29) is 16.6 Å². The van der Waals surface area contributed by atoms with Gasteiger partial charge in [-0.25, -0.2) is 4.39 Å². The molecule has 0 spiro atoms. The molecule has 0 atom stereocenters. The van der Waals surface area contributed by atoms with Gasteiger partial charge in [-0.15, -0.1) is 0 Å².